The van der Waals surface area contributed by atoms with Gasteiger partial charge < -0.3 is 15.0 Å². The lowest BCUT2D eigenvalue weighted by Gasteiger charge is -2.34. The van der Waals surface area contributed by atoms with Gasteiger partial charge in [0.1, 0.15) is 18.5 Å². The second-order valence-electron chi connectivity index (χ2n) is 7.79. The van der Waals surface area contributed by atoms with Crippen LogP contribution in [0, 0.1) is 12.7 Å². The van der Waals surface area contributed by atoms with Crippen LogP contribution in [0.4, 0.5) is 15.8 Å². The maximum atomic E-state index is 13.0. The summed E-state index contributed by atoms with van der Waals surface area (Å²) >= 11 is 0. The van der Waals surface area contributed by atoms with Gasteiger partial charge in [0.25, 0.3) is 0 Å². The fraction of sp³-hybridized carbons (Fsp3) is 0.292. The van der Waals surface area contributed by atoms with Crippen LogP contribution in [0.5, 0.6) is 5.88 Å². The van der Waals surface area contributed by atoms with Crippen molar-refractivity contribution in [2.75, 3.05) is 17.3 Å². The number of amides is 1. The van der Waals surface area contributed by atoms with Gasteiger partial charge >= 0.3 is 0 Å². The molecule has 0 fully saturated rings. The van der Waals surface area contributed by atoms with Gasteiger partial charge in [0, 0.05) is 25.0 Å². The molecule has 0 saturated carbocycles. The third-order valence-electron chi connectivity index (χ3n) is 5.59. The Kier molecular flexibility index (Phi) is 5.84. The Morgan fingerprint density at radius 1 is 1.13 bits per heavy atom. The maximum Gasteiger partial charge on any atom is 0.246 e. The van der Waals surface area contributed by atoms with E-state index in [1.165, 1.54) is 12.1 Å². The molecule has 4 rings (SSSR count). The van der Waals surface area contributed by atoms with Gasteiger partial charge in [-0.15, -0.1) is 0 Å². The summed E-state index contributed by atoms with van der Waals surface area (Å²) in [5.41, 5.74) is 5.55. The van der Waals surface area contributed by atoms with E-state index < -0.39 is 0 Å². The van der Waals surface area contributed by atoms with Gasteiger partial charge in [-0.25, -0.2) is 9.37 Å². The zero-order valence-electron chi connectivity index (χ0n) is 17.9. The number of fused-ring (bicyclic) bond motifs is 1. The topological polar surface area (TPSA) is 67.4 Å². The molecule has 1 aliphatic heterocycles. The van der Waals surface area contributed by atoms with E-state index in [0.717, 1.165) is 46.7 Å². The first-order chi connectivity index (χ1) is 14.9. The molecule has 0 radical (unpaired) electrons. The number of rotatable bonds is 6. The molecule has 0 aliphatic carbocycles. The summed E-state index contributed by atoms with van der Waals surface area (Å²) in [6.45, 7) is 4.15. The summed E-state index contributed by atoms with van der Waals surface area (Å²) in [7, 11) is 1.93. The molecule has 160 valence electrons. The zero-order valence-corrected chi connectivity index (χ0v) is 17.9. The number of hydrogen-bond acceptors (Lipinski definition) is 5. The van der Waals surface area contributed by atoms with Crippen molar-refractivity contribution in [3.05, 3.63) is 77.0 Å². The van der Waals surface area contributed by atoms with Crippen molar-refractivity contribution >= 4 is 17.3 Å². The van der Waals surface area contributed by atoms with Gasteiger partial charge in [0.05, 0.1) is 17.1 Å². The molecular formula is C24H25FN4O2. The Hall–Kier alpha value is -3.48. The number of pyridine rings is 2. The Labute approximate surface area is 181 Å². The molecular weight excluding hydrogens is 395 g/mol. The molecule has 1 amide bonds. The van der Waals surface area contributed by atoms with Crippen LogP contribution >= 0.6 is 0 Å². The smallest absolute Gasteiger partial charge is 0.246 e. The van der Waals surface area contributed by atoms with Crippen molar-refractivity contribution in [2.24, 2.45) is 0 Å². The Bertz CT molecular complexity index is 1080. The number of carbonyl (C=O) groups excluding carboxylic acids is 1. The normalized spacial score (nSPS) is 15.4. The number of halogens is 1. The van der Waals surface area contributed by atoms with Crippen molar-refractivity contribution < 1.29 is 13.9 Å². The van der Waals surface area contributed by atoms with E-state index in [2.05, 4.69) is 15.3 Å². The minimum atomic E-state index is -0.263. The van der Waals surface area contributed by atoms with Gasteiger partial charge in [-0.2, -0.15) is 0 Å². The SMILES string of the molecule is Cc1nc(CCc2ccc(OCc3ccc(F)cc3)nc2)cc2c1NC(=O)[C@H](C)N2C. The minimum Gasteiger partial charge on any atom is -0.473 e. The predicted molar refractivity (Wildman–Crippen MR) is 118 cm³/mol. The number of nitrogens with one attached hydrogen (secondary N) is 1. The third-order valence-corrected chi connectivity index (χ3v) is 5.59. The van der Waals surface area contributed by atoms with Crippen LogP contribution in [0.25, 0.3) is 0 Å². The highest BCUT2D eigenvalue weighted by atomic mass is 19.1. The number of benzene rings is 1. The minimum absolute atomic E-state index is 0.0135. The van der Waals surface area contributed by atoms with Crippen LogP contribution < -0.4 is 15.0 Å². The fourth-order valence-electron chi connectivity index (χ4n) is 3.55. The summed E-state index contributed by atoms with van der Waals surface area (Å²) in [4.78, 5) is 23.1. The molecule has 6 nitrogen and oxygen atoms in total. The molecule has 1 N–H and O–H groups in total. The van der Waals surface area contributed by atoms with Gasteiger partial charge in [-0.1, -0.05) is 18.2 Å². The van der Waals surface area contributed by atoms with Crippen LogP contribution in [0.2, 0.25) is 0 Å². The van der Waals surface area contributed by atoms with Crippen LogP contribution in [0.3, 0.4) is 0 Å². The summed E-state index contributed by atoms with van der Waals surface area (Å²) in [5.74, 6) is 0.253. The number of carbonyl (C=O) groups is 1. The summed E-state index contributed by atoms with van der Waals surface area (Å²) < 4.78 is 18.6. The average molecular weight is 420 g/mol. The quantitative estimate of drug-likeness (QED) is 0.651. The molecule has 1 aliphatic rings. The molecule has 0 unspecified atom stereocenters. The highest BCUT2D eigenvalue weighted by molar-refractivity contribution is 6.03. The Morgan fingerprint density at radius 3 is 2.58 bits per heavy atom. The molecule has 0 saturated heterocycles. The number of likely N-dealkylation sites (N-methyl/N-ethyl adjacent to an activating group) is 1. The molecule has 31 heavy (non-hydrogen) atoms. The molecule has 0 spiro atoms. The summed E-state index contributed by atoms with van der Waals surface area (Å²) in [6.07, 6.45) is 3.36. The van der Waals surface area contributed by atoms with E-state index in [-0.39, 0.29) is 17.8 Å². The first-order valence-corrected chi connectivity index (χ1v) is 10.3. The second kappa shape index (κ2) is 8.71. The van der Waals surface area contributed by atoms with Crippen LogP contribution in [0.15, 0.2) is 48.7 Å². The van der Waals surface area contributed by atoms with Crippen LogP contribution in [0.1, 0.15) is 29.4 Å². The Balaban J connectivity index is 1.38. The fourth-order valence-corrected chi connectivity index (χ4v) is 3.55. The van der Waals surface area contributed by atoms with Crippen molar-refractivity contribution in [1.82, 2.24) is 9.97 Å². The zero-order chi connectivity index (χ0) is 22.0. The number of ether oxygens (including phenoxy) is 1. The number of nitrogens with zero attached hydrogens (tertiary/aromatic N) is 3. The predicted octanol–water partition coefficient (Wildman–Crippen LogP) is 4.07. The average Bonchev–Trinajstić information content (AvgIpc) is 2.77. The first kappa shape index (κ1) is 20.8. The largest absolute Gasteiger partial charge is 0.473 e. The van der Waals surface area contributed by atoms with Gasteiger partial charge in [0.2, 0.25) is 11.8 Å². The van der Waals surface area contributed by atoms with E-state index in [1.54, 1.807) is 18.3 Å². The Morgan fingerprint density at radius 2 is 1.87 bits per heavy atom. The van der Waals surface area contributed by atoms with Crippen molar-refractivity contribution in [3.8, 4) is 5.88 Å². The molecule has 1 aromatic carbocycles. The van der Waals surface area contributed by atoms with E-state index in [0.29, 0.717) is 12.5 Å². The molecule has 3 heterocycles. The van der Waals surface area contributed by atoms with Crippen LogP contribution in [-0.4, -0.2) is 29.0 Å². The number of aryl methyl sites for hydroxylation is 3. The lowest BCUT2D eigenvalue weighted by Crippen LogP contribution is -2.44. The molecule has 7 heteroatoms. The van der Waals surface area contributed by atoms with Gasteiger partial charge in [0.15, 0.2) is 0 Å². The lowest BCUT2D eigenvalue weighted by atomic mass is 10.1. The number of hydrogen-bond donors (Lipinski definition) is 1. The summed E-state index contributed by atoms with van der Waals surface area (Å²) in [6, 6.07) is 11.9. The van der Waals surface area contributed by atoms with Crippen LogP contribution in [-0.2, 0) is 24.2 Å². The maximum absolute atomic E-state index is 13.0. The number of anilines is 2. The van der Waals surface area contributed by atoms with E-state index in [9.17, 15) is 9.18 Å². The van der Waals surface area contributed by atoms with E-state index in [4.69, 9.17) is 4.74 Å². The van der Waals surface area contributed by atoms with Gasteiger partial charge in [-0.3, -0.25) is 9.78 Å². The highest BCUT2D eigenvalue weighted by Gasteiger charge is 2.28. The molecule has 1 atom stereocenters. The third kappa shape index (κ3) is 4.66. The van der Waals surface area contributed by atoms with Crippen molar-refractivity contribution in [2.45, 2.75) is 39.3 Å². The second-order valence-corrected chi connectivity index (χ2v) is 7.79. The highest BCUT2D eigenvalue weighted by Crippen LogP contribution is 2.33. The van der Waals surface area contributed by atoms with Crippen molar-refractivity contribution in [1.29, 1.82) is 0 Å². The van der Waals surface area contributed by atoms with E-state index >= 15 is 0 Å². The monoisotopic (exact) mass is 420 g/mol. The van der Waals surface area contributed by atoms with Crippen molar-refractivity contribution in [3.63, 3.8) is 0 Å². The van der Waals surface area contributed by atoms with E-state index in [1.807, 2.05) is 44.0 Å². The first-order valence-electron chi connectivity index (χ1n) is 10.3. The standard InChI is InChI=1S/C24H25FN4O2/c1-15-23-21(29(3)16(2)24(30)28-23)12-20(27-15)10-6-17-7-11-22(26-13-17)31-14-18-4-8-19(25)9-5-18/h4-5,7-9,11-13,16H,6,10,14H2,1-3H3,(H,28,30)/t16-/m0/s1. The number of aromatic nitrogens is 2. The molecule has 0 bridgehead atoms. The van der Waals surface area contributed by atoms with Gasteiger partial charge in [-0.05, 0) is 56.0 Å². The lowest BCUT2D eigenvalue weighted by molar-refractivity contribution is -0.117. The molecule has 3 aromatic rings. The summed E-state index contributed by atoms with van der Waals surface area (Å²) in [5, 5.41) is 2.96. The molecule has 2 aromatic heterocycles.